The molecule has 0 bridgehead atoms. The van der Waals surface area contributed by atoms with Gasteiger partial charge < -0.3 is 15.5 Å². The molecule has 2 unspecified atom stereocenters. The summed E-state index contributed by atoms with van der Waals surface area (Å²) < 4.78 is 0. The predicted molar refractivity (Wildman–Crippen MR) is 99.1 cm³/mol. The summed E-state index contributed by atoms with van der Waals surface area (Å²) in [5.74, 6) is -0.357. The number of benzene rings is 1. The second kappa shape index (κ2) is 8.64. The maximum absolute atomic E-state index is 13.0. The van der Waals surface area contributed by atoms with Crippen LogP contribution in [0, 0.1) is 13.8 Å². The molecule has 2 N–H and O–H groups in total. The first kappa shape index (κ1) is 19.9. The Bertz CT molecular complexity index is 605. The molecule has 5 heteroatoms. The molecular weight excluding hydrogens is 302 g/mol. The van der Waals surface area contributed by atoms with E-state index in [9.17, 15) is 9.59 Å². The van der Waals surface area contributed by atoms with E-state index in [-0.39, 0.29) is 17.9 Å². The molecule has 0 saturated heterocycles. The second-order valence-electron chi connectivity index (χ2n) is 6.39. The van der Waals surface area contributed by atoms with Crippen LogP contribution in [0.1, 0.15) is 31.4 Å². The lowest BCUT2D eigenvalue weighted by Gasteiger charge is -2.33. The first-order valence-electron chi connectivity index (χ1n) is 8.11. The van der Waals surface area contributed by atoms with E-state index in [0.29, 0.717) is 6.42 Å². The number of anilines is 1. The summed E-state index contributed by atoms with van der Waals surface area (Å²) in [6.07, 6.45) is 0.610. The number of rotatable bonds is 7. The van der Waals surface area contributed by atoms with Crippen molar-refractivity contribution in [3.63, 3.8) is 0 Å². The number of likely N-dealkylation sites (N-methyl/N-ethyl adjacent to an activating group) is 2. The lowest BCUT2D eigenvalue weighted by atomic mass is 9.98. The summed E-state index contributed by atoms with van der Waals surface area (Å²) in [5, 5.41) is 6.15. The fourth-order valence-corrected chi connectivity index (χ4v) is 2.78. The lowest BCUT2D eigenvalue weighted by molar-refractivity contribution is -0.136. The van der Waals surface area contributed by atoms with E-state index < -0.39 is 6.04 Å². The van der Waals surface area contributed by atoms with Gasteiger partial charge in [0.2, 0.25) is 11.8 Å². The van der Waals surface area contributed by atoms with Gasteiger partial charge >= 0.3 is 0 Å². The highest BCUT2D eigenvalue weighted by Crippen LogP contribution is 2.21. The summed E-state index contributed by atoms with van der Waals surface area (Å²) in [7, 11) is 3.45. The van der Waals surface area contributed by atoms with Crippen molar-refractivity contribution in [2.45, 2.75) is 46.2 Å². The summed E-state index contributed by atoms with van der Waals surface area (Å²) >= 11 is 0. The van der Waals surface area contributed by atoms with Crippen LogP contribution < -0.4 is 10.6 Å². The van der Waals surface area contributed by atoms with Gasteiger partial charge in [0, 0.05) is 25.7 Å². The molecule has 0 aliphatic heterocycles. The third-order valence-electron chi connectivity index (χ3n) is 4.23. The second-order valence-corrected chi connectivity index (χ2v) is 6.39. The number of amides is 2. The molecule has 1 aromatic carbocycles. The van der Waals surface area contributed by atoms with Crippen LogP contribution in [0.4, 0.5) is 5.69 Å². The number of para-hydroxylation sites is 1. The molecule has 2 atom stereocenters. The largest absolute Gasteiger partial charge is 0.332 e. The minimum atomic E-state index is -0.622. The van der Waals surface area contributed by atoms with Crippen molar-refractivity contribution in [2.75, 3.05) is 19.4 Å². The van der Waals surface area contributed by atoms with Crippen LogP contribution in [0.3, 0.4) is 0 Å². The molecule has 0 heterocycles. The average molecular weight is 331 g/mol. The lowest BCUT2D eigenvalue weighted by Crippen LogP contribution is -2.55. The summed E-state index contributed by atoms with van der Waals surface area (Å²) in [5.41, 5.74) is 3.74. The zero-order valence-corrected chi connectivity index (χ0v) is 15.6. The number of hydrogen-bond donors (Lipinski definition) is 2. The average Bonchev–Trinajstić information content (AvgIpc) is 2.49. The smallest absolute Gasteiger partial charge is 0.248 e. The monoisotopic (exact) mass is 331 g/mol. The first-order chi connectivity index (χ1) is 11.2. The van der Waals surface area contributed by atoms with E-state index in [0.717, 1.165) is 22.4 Å². The Balaban J connectivity index is 3.16. The molecule has 0 fully saturated rings. The first-order valence-corrected chi connectivity index (χ1v) is 8.11. The van der Waals surface area contributed by atoms with Crippen LogP contribution in [0.2, 0.25) is 0 Å². The van der Waals surface area contributed by atoms with Gasteiger partial charge in [0.1, 0.15) is 6.04 Å². The van der Waals surface area contributed by atoms with E-state index in [1.165, 1.54) is 11.8 Å². The highest BCUT2D eigenvalue weighted by Gasteiger charge is 2.33. The molecule has 0 spiro atoms. The van der Waals surface area contributed by atoms with Gasteiger partial charge in [0.05, 0.1) is 0 Å². The standard InChI is InChI=1S/C19H29N3O2/c1-12(2)11-16(20-6)18(22(7)15(5)23)19(24)21-17-13(3)9-8-10-14(17)4/h8-10,16,18,20H,1,11H2,2-7H3,(H,21,24). The van der Waals surface area contributed by atoms with Gasteiger partial charge in [-0.3, -0.25) is 9.59 Å². The Morgan fingerprint density at radius 3 is 2.17 bits per heavy atom. The highest BCUT2D eigenvalue weighted by atomic mass is 16.2. The van der Waals surface area contributed by atoms with Crippen LogP contribution in [-0.4, -0.2) is 42.9 Å². The molecule has 1 rings (SSSR count). The van der Waals surface area contributed by atoms with Gasteiger partial charge in [-0.05, 0) is 45.4 Å². The fraction of sp³-hybridized carbons (Fsp3) is 0.474. The topological polar surface area (TPSA) is 61.4 Å². The number of carbonyl (C=O) groups is 2. The van der Waals surface area contributed by atoms with E-state index >= 15 is 0 Å². The molecule has 5 nitrogen and oxygen atoms in total. The zero-order chi connectivity index (χ0) is 18.4. The van der Waals surface area contributed by atoms with Gasteiger partial charge in [0.25, 0.3) is 0 Å². The van der Waals surface area contributed by atoms with Crippen molar-refractivity contribution >= 4 is 17.5 Å². The highest BCUT2D eigenvalue weighted by molar-refractivity contribution is 5.98. The number of aryl methyl sites for hydroxylation is 2. The van der Waals surface area contributed by atoms with E-state index in [4.69, 9.17) is 0 Å². The Labute approximate surface area is 145 Å². The van der Waals surface area contributed by atoms with Crippen LogP contribution in [0.25, 0.3) is 0 Å². The Morgan fingerprint density at radius 2 is 1.75 bits per heavy atom. The Morgan fingerprint density at radius 1 is 1.21 bits per heavy atom. The summed E-state index contributed by atoms with van der Waals surface area (Å²) in [6.45, 7) is 11.2. The quantitative estimate of drug-likeness (QED) is 0.755. The van der Waals surface area contributed by atoms with Crippen molar-refractivity contribution in [2.24, 2.45) is 0 Å². The SMILES string of the molecule is C=C(C)CC(NC)C(C(=O)Nc1c(C)cccc1C)N(C)C(C)=O. The van der Waals surface area contributed by atoms with E-state index in [1.54, 1.807) is 14.1 Å². The maximum Gasteiger partial charge on any atom is 0.248 e. The fourth-order valence-electron chi connectivity index (χ4n) is 2.78. The zero-order valence-electron chi connectivity index (χ0n) is 15.6. The van der Waals surface area contributed by atoms with E-state index in [1.807, 2.05) is 39.0 Å². The Kier molecular flexibility index (Phi) is 7.17. The van der Waals surface area contributed by atoms with Crippen molar-refractivity contribution in [3.8, 4) is 0 Å². The molecule has 0 saturated carbocycles. The maximum atomic E-state index is 13.0. The molecule has 24 heavy (non-hydrogen) atoms. The van der Waals surface area contributed by atoms with Crippen LogP contribution in [-0.2, 0) is 9.59 Å². The van der Waals surface area contributed by atoms with Gasteiger partial charge in [-0.2, -0.15) is 0 Å². The molecule has 0 aliphatic carbocycles. The molecule has 132 valence electrons. The molecule has 0 aliphatic rings. The minimum absolute atomic E-state index is 0.154. The predicted octanol–water partition coefficient (Wildman–Crippen LogP) is 2.64. The number of carbonyl (C=O) groups excluding carboxylic acids is 2. The van der Waals surface area contributed by atoms with Crippen molar-refractivity contribution in [1.29, 1.82) is 0 Å². The van der Waals surface area contributed by atoms with Crippen molar-refractivity contribution < 1.29 is 9.59 Å². The third-order valence-corrected chi connectivity index (χ3v) is 4.23. The molecule has 2 amide bonds. The van der Waals surface area contributed by atoms with E-state index in [2.05, 4.69) is 17.2 Å². The normalized spacial score (nSPS) is 13.1. The summed E-state index contributed by atoms with van der Waals surface area (Å²) in [6, 6.07) is 5.03. The molecule has 1 aromatic rings. The van der Waals surface area contributed by atoms with Crippen LogP contribution >= 0.6 is 0 Å². The van der Waals surface area contributed by atoms with Gasteiger partial charge in [-0.25, -0.2) is 0 Å². The number of nitrogens with zero attached hydrogens (tertiary/aromatic N) is 1. The van der Waals surface area contributed by atoms with Gasteiger partial charge in [-0.15, -0.1) is 6.58 Å². The molecule has 0 aromatic heterocycles. The summed E-state index contributed by atoms with van der Waals surface area (Å²) in [4.78, 5) is 26.3. The minimum Gasteiger partial charge on any atom is -0.332 e. The number of nitrogens with one attached hydrogen (secondary N) is 2. The van der Waals surface area contributed by atoms with Crippen LogP contribution in [0.15, 0.2) is 30.4 Å². The van der Waals surface area contributed by atoms with Gasteiger partial charge in [0.15, 0.2) is 0 Å². The molecule has 0 radical (unpaired) electrons. The number of hydrogen-bond acceptors (Lipinski definition) is 3. The third kappa shape index (κ3) is 4.93. The van der Waals surface area contributed by atoms with Crippen LogP contribution in [0.5, 0.6) is 0 Å². The Hall–Kier alpha value is -2.14. The van der Waals surface area contributed by atoms with Crippen molar-refractivity contribution in [3.05, 3.63) is 41.5 Å². The molecular formula is C19H29N3O2. The van der Waals surface area contributed by atoms with Gasteiger partial charge in [-0.1, -0.05) is 23.8 Å². The van der Waals surface area contributed by atoms with Crippen molar-refractivity contribution in [1.82, 2.24) is 10.2 Å².